The summed E-state index contributed by atoms with van der Waals surface area (Å²) in [5, 5.41) is 5.72. The van der Waals surface area contributed by atoms with Gasteiger partial charge in [-0.1, -0.05) is 12.1 Å². The number of nitrogens with one attached hydrogen (secondary N) is 2. The maximum atomic E-state index is 12.9. The zero-order chi connectivity index (χ0) is 20.7. The molecule has 2 rings (SSSR count). The average Bonchev–Trinajstić information content (AvgIpc) is 2.64. The number of amides is 1. The van der Waals surface area contributed by atoms with Crippen LogP contribution in [-0.4, -0.2) is 24.0 Å². The molecular weight excluding hydrogens is 371 g/mol. The summed E-state index contributed by atoms with van der Waals surface area (Å²) in [5.74, 6) is -0.551. The van der Waals surface area contributed by atoms with E-state index < -0.39 is 11.9 Å². The molecule has 150 valence electrons. The first-order valence-corrected chi connectivity index (χ1v) is 8.66. The summed E-state index contributed by atoms with van der Waals surface area (Å²) in [4.78, 5) is 15.6. The molecule has 0 aliphatic carbocycles. The molecule has 0 radical (unpaired) electrons. The molecule has 0 aliphatic heterocycles. The second-order valence-corrected chi connectivity index (χ2v) is 6.25. The van der Waals surface area contributed by atoms with Crippen LogP contribution in [0.15, 0.2) is 42.5 Å². The van der Waals surface area contributed by atoms with Crippen LogP contribution in [0.4, 0.5) is 18.9 Å². The van der Waals surface area contributed by atoms with Crippen molar-refractivity contribution in [3.05, 3.63) is 59.3 Å². The lowest BCUT2D eigenvalue weighted by molar-refractivity contribution is -0.141. The fourth-order valence-electron chi connectivity index (χ4n) is 2.26. The van der Waals surface area contributed by atoms with Crippen LogP contribution in [0.5, 0.6) is 5.88 Å². The van der Waals surface area contributed by atoms with Crippen LogP contribution in [0, 0.1) is 0 Å². The van der Waals surface area contributed by atoms with Gasteiger partial charge in [0.25, 0.3) is 0 Å². The lowest BCUT2D eigenvalue weighted by Crippen LogP contribution is -2.20. The van der Waals surface area contributed by atoms with Gasteiger partial charge in [0.1, 0.15) is 5.69 Å². The molecule has 1 heterocycles. The number of hydrogen-bond acceptors (Lipinski definition) is 4. The number of nitrogens with zero attached hydrogens (tertiary/aromatic N) is 1. The van der Waals surface area contributed by atoms with Gasteiger partial charge < -0.3 is 15.4 Å². The fraction of sp³-hybridized carbons (Fsp3) is 0.300. The third-order valence-corrected chi connectivity index (χ3v) is 3.65. The Kier molecular flexibility index (Phi) is 7.03. The van der Waals surface area contributed by atoms with Gasteiger partial charge >= 0.3 is 6.18 Å². The van der Waals surface area contributed by atoms with Gasteiger partial charge in [-0.3, -0.25) is 4.79 Å². The normalized spacial score (nSPS) is 11.7. The second kappa shape index (κ2) is 9.25. The molecule has 0 unspecified atom stereocenters. The maximum absolute atomic E-state index is 12.9. The summed E-state index contributed by atoms with van der Waals surface area (Å²) in [5.41, 5.74) is 1.12. The van der Waals surface area contributed by atoms with Gasteiger partial charge in [0.05, 0.1) is 6.10 Å². The number of benzene rings is 1. The summed E-state index contributed by atoms with van der Waals surface area (Å²) < 4.78 is 43.9. The largest absolute Gasteiger partial charge is 0.475 e. The SMILES string of the molecule is CNc1ccc(CNC(=O)/C=C/c2ccc(C(F)(F)F)nc2OC(C)C)cc1. The summed E-state index contributed by atoms with van der Waals surface area (Å²) >= 11 is 0. The number of rotatable bonds is 7. The first-order valence-electron chi connectivity index (χ1n) is 8.66. The van der Waals surface area contributed by atoms with E-state index >= 15 is 0 Å². The van der Waals surface area contributed by atoms with Crippen LogP contribution in [0.3, 0.4) is 0 Å². The smallest absolute Gasteiger partial charge is 0.433 e. The van der Waals surface area contributed by atoms with Gasteiger partial charge in [-0.05, 0) is 49.8 Å². The second-order valence-electron chi connectivity index (χ2n) is 6.25. The molecule has 0 spiro atoms. The molecule has 2 N–H and O–H groups in total. The number of carbonyl (C=O) groups is 1. The number of halogens is 3. The predicted molar refractivity (Wildman–Crippen MR) is 102 cm³/mol. The van der Waals surface area contributed by atoms with Crippen LogP contribution < -0.4 is 15.4 Å². The zero-order valence-corrected chi connectivity index (χ0v) is 15.8. The summed E-state index contributed by atoms with van der Waals surface area (Å²) in [7, 11) is 1.81. The van der Waals surface area contributed by atoms with Crippen LogP contribution >= 0.6 is 0 Å². The Hall–Kier alpha value is -3.03. The lowest BCUT2D eigenvalue weighted by Gasteiger charge is -2.14. The molecule has 28 heavy (non-hydrogen) atoms. The van der Waals surface area contributed by atoms with Gasteiger partial charge in [-0.2, -0.15) is 13.2 Å². The van der Waals surface area contributed by atoms with Gasteiger partial charge in [-0.15, -0.1) is 0 Å². The molecule has 1 aromatic carbocycles. The number of pyridine rings is 1. The van der Waals surface area contributed by atoms with Crippen molar-refractivity contribution in [2.45, 2.75) is 32.7 Å². The van der Waals surface area contributed by atoms with Gasteiger partial charge in [-0.25, -0.2) is 4.98 Å². The Morgan fingerprint density at radius 2 is 1.86 bits per heavy atom. The first kappa shape index (κ1) is 21.3. The minimum atomic E-state index is -4.57. The third kappa shape index (κ3) is 6.29. The Balaban J connectivity index is 2.07. The molecule has 0 saturated heterocycles. The third-order valence-electron chi connectivity index (χ3n) is 3.65. The van der Waals surface area contributed by atoms with Crippen molar-refractivity contribution >= 4 is 17.7 Å². The Morgan fingerprint density at radius 3 is 2.43 bits per heavy atom. The zero-order valence-electron chi connectivity index (χ0n) is 15.8. The predicted octanol–water partition coefficient (Wildman–Crippen LogP) is 4.26. The van der Waals surface area contributed by atoms with E-state index in [0.29, 0.717) is 6.54 Å². The summed E-state index contributed by atoms with van der Waals surface area (Å²) in [6.45, 7) is 3.69. The van der Waals surface area contributed by atoms with Gasteiger partial charge in [0.2, 0.25) is 11.8 Å². The van der Waals surface area contributed by atoms with Crippen molar-refractivity contribution in [3.63, 3.8) is 0 Å². The molecule has 0 bridgehead atoms. The van der Waals surface area contributed by atoms with Crippen LogP contribution in [0.2, 0.25) is 0 Å². The van der Waals surface area contributed by atoms with Gasteiger partial charge in [0, 0.05) is 30.9 Å². The Morgan fingerprint density at radius 1 is 1.18 bits per heavy atom. The minimum Gasteiger partial charge on any atom is -0.475 e. The van der Waals surface area contributed by atoms with E-state index in [2.05, 4.69) is 15.6 Å². The lowest BCUT2D eigenvalue weighted by atomic mass is 10.2. The fourth-order valence-corrected chi connectivity index (χ4v) is 2.26. The number of aromatic nitrogens is 1. The molecule has 8 heteroatoms. The highest BCUT2D eigenvalue weighted by Crippen LogP contribution is 2.31. The number of hydrogen-bond donors (Lipinski definition) is 2. The molecule has 1 amide bonds. The Bertz CT molecular complexity index is 832. The monoisotopic (exact) mass is 393 g/mol. The molecule has 1 aromatic heterocycles. The van der Waals surface area contributed by atoms with Crippen molar-refractivity contribution in [2.75, 3.05) is 12.4 Å². The van der Waals surface area contributed by atoms with E-state index in [1.54, 1.807) is 13.8 Å². The van der Waals surface area contributed by atoms with Crippen LogP contribution in [0.25, 0.3) is 6.08 Å². The molecule has 2 aromatic rings. The standard InChI is InChI=1S/C20H22F3N3O2/c1-13(2)28-19-15(6-10-17(26-19)20(21,22)23)7-11-18(27)25-12-14-4-8-16(24-3)9-5-14/h4-11,13,24H,12H2,1-3H3,(H,25,27)/b11-7+. The van der Waals surface area contributed by atoms with Crippen molar-refractivity contribution in [1.82, 2.24) is 10.3 Å². The van der Waals surface area contributed by atoms with Crippen molar-refractivity contribution in [3.8, 4) is 5.88 Å². The molecule has 0 atom stereocenters. The molecule has 0 saturated carbocycles. The van der Waals surface area contributed by atoms with E-state index in [1.807, 2.05) is 31.3 Å². The average molecular weight is 393 g/mol. The summed E-state index contributed by atoms with van der Waals surface area (Å²) in [6, 6.07) is 9.62. The molecule has 5 nitrogen and oxygen atoms in total. The van der Waals surface area contributed by atoms with Crippen LogP contribution in [-0.2, 0) is 17.5 Å². The highest BCUT2D eigenvalue weighted by molar-refractivity contribution is 5.92. The topological polar surface area (TPSA) is 63.2 Å². The van der Waals surface area contributed by atoms with Crippen LogP contribution in [0.1, 0.15) is 30.7 Å². The molecule has 0 aliphatic rings. The quantitative estimate of drug-likeness (QED) is 0.690. The number of ether oxygens (including phenoxy) is 1. The molecule has 0 fully saturated rings. The number of alkyl halides is 3. The van der Waals surface area contributed by atoms with E-state index in [4.69, 9.17) is 4.74 Å². The van der Waals surface area contributed by atoms with Gasteiger partial charge in [0.15, 0.2) is 0 Å². The highest BCUT2D eigenvalue weighted by atomic mass is 19.4. The van der Waals surface area contributed by atoms with E-state index in [9.17, 15) is 18.0 Å². The van der Waals surface area contributed by atoms with Crippen molar-refractivity contribution in [2.24, 2.45) is 0 Å². The van der Waals surface area contributed by atoms with E-state index in [0.717, 1.165) is 17.3 Å². The van der Waals surface area contributed by atoms with Crippen molar-refractivity contribution < 1.29 is 22.7 Å². The molecular formula is C20H22F3N3O2. The Labute approximate surface area is 161 Å². The summed E-state index contributed by atoms with van der Waals surface area (Å²) in [6.07, 6.45) is -2.32. The van der Waals surface area contributed by atoms with E-state index in [-0.39, 0.29) is 23.5 Å². The van der Waals surface area contributed by atoms with Crippen molar-refractivity contribution in [1.29, 1.82) is 0 Å². The maximum Gasteiger partial charge on any atom is 0.433 e. The highest BCUT2D eigenvalue weighted by Gasteiger charge is 2.33. The van der Waals surface area contributed by atoms with E-state index in [1.165, 1.54) is 18.2 Å². The minimum absolute atomic E-state index is 0.170. The number of carbonyl (C=O) groups excluding carboxylic acids is 1. The number of anilines is 1. The first-order chi connectivity index (χ1) is 13.2.